The van der Waals surface area contributed by atoms with Gasteiger partial charge in [-0.15, -0.1) is 0 Å². The van der Waals surface area contributed by atoms with E-state index in [1.807, 2.05) is 25.1 Å². The number of hydrogen-bond donors (Lipinski definition) is 0. The molecular formula is C28H37NO7. The first-order valence-corrected chi connectivity index (χ1v) is 11.9. The van der Waals surface area contributed by atoms with E-state index in [0.29, 0.717) is 24.5 Å². The van der Waals surface area contributed by atoms with Gasteiger partial charge >= 0.3 is 11.9 Å². The highest BCUT2D eigenvalue weighted by Gasteiger charge is 2.44. The van der Waals surface area contributed by atoms with E-state index in [0.717, 1.165) is 16.7 Å². The van der Waals surface area contributed by atoms with Gasteiger partial charge in [-0.3, -0.25) is 4.90 Å². The smallest absolute Gasteiger partial charge is 0.351 e. The number of benzene rings is 2. The Bertz CT molecular complexity index is 1100. The number of rotatable bonds is 9. The van der Waals surface area contributed by atoms with Crippen LogP contribution in [-0.2, 0) is 30.2 Å². The van der Waals surface area contributed by atoms with Crippen molar-refractivity contribution in [3.63, 3.8) is 0 Å². The van der Waals surface area contributed by atoms with Crippen molar-refractivity contribution in [2.24, 2.45) is 0 Å². The molecule has 0 saturated heterocycles. The van der Waals surface area contributed by atoms with Crippen LogP contribution in [0.5, 0.6) is 11.5 Å². The summed E-state index contributed by atoms with van der Waals surface area (Å²) in [5.74, 6) is -0.600. The van der Waals surface area contributed by atoms with E-state index < -0.39 is 24.1 Å². The molecule has 0 aliphatic carbocycles. The number of fused-ring (bicyclic) bond motifs is 1. The summed E-state index contributed by atoms with van der Waals surface area (Å²) in [5, 5.41) is 0. The Morgan fingerprint density at radius 2 is 1.64 bits per heavy atom. The molecule has 8 nitrogen and oxygen atoms in total. The van der Waals surface area contributed by atoms with Crippen LogP contribution in [0.25, 0.3) is 0 Å². The quantitative estimate of drug-likeness (QED) is 0.482. The fourth-order valence-electron chi connectivity index (χ4n) is 4.43. The molecule has 2 aromatic rings. The lowest BCUT2D eigenvalue weighted by molar-refractivity contribution is -0.168. The van der Waals surface area contributed by atoms with E-state index in [1.165, 1.54) is 19.8 Å². The second-order valence-electron chi connectivity index (χ2n) is 9.87. The van der Waals surface area contributed by atoms with Gasteiger partial charge in [0.05, 0.1) is 20.3 Å². The van der Waals surface area contributed by atoms with Crippen molar-refractivity contribution in [2.45, 2.75) is 58.0 Å². The van der Waals surface area contributed by atoms with E-state index in [4.69, 9.17) is 23.7 Å². The summed E-state index contributed by atoms with van der Waals surface area (Å²) in [7, 11) is 6.29. The molecule has 3 rings (SSSR count). The Hall–Kier alpha value is -3.10. The summed E-state index contributed by atoms with van der Waals surface area (Å²) in [4.78, 5) is 26.8. The molecular weight excluding hydrogens is 462 g/mol. The molecule has 8 heteroatoms. The first kappa shape index (κ1) is 27.5. The highest BCUT2D eigenvalue weighted by molar-refractivity contribution is 5.87. The van der Waals surface area contributed by atoms with Crippen molar-refractivity contribution >= 4 is 11.9 Å². The van der Waals surface area contributed by atoms with Crippen LogP contribution in [0, 0.1) is 13.8 Å². The van der Waals surface area contributed by atoms with Crippen molar-refractivity contribution in [2.75, 3.05) is 34.9 Å². The summed E-state index contributed by atoms with van der Waals surface area (Å²) in [6.07, 6.45) is -1.85. The number of esters is 2. The van der Waals surface area contributed by atoms with Crippen LogP contribution in [0.15, 0.2) is 36.4 Å². The third kappa shape index (κ3) is 5.99. The van der Waals surface area contributed by atoms with Crippen LogP contribution in [0.1, 0.15) is 42.2 Å². The lowest BCUT2D eigenvalue weighted by atomic mass is 9.91. The number of hydrogen-bond acceptors (Lipinski definition) is 8. The van der Waals surface area contributed by atoms with Crippen LogP contribution in [0.3, 0.4) is 0 Å². The molecule has 0 spiro atoms. The molecule has 0 N–H and O–H groups in total. The van der Waals surface area contributed by atoms with E-state index in [-0.39, 0.29) is 11.6 Å². The van der Waals surface area contributed by atoms with Gasteiger partial charge in [0.15, 0.2) is 11.5 Å². The third-order valence-electron chi connectivity index (χ3n) is 6.75. The van der Waals surface area contributed by atoms with Crippen molar-refractivity contribution < 1.29 is 33.3 Å². The molecule has 0 bridgehead atoms. The number of nitrogens with zero attached hydrogens (tertiary/aromatic N) is 1. The number of likely N-dealkylation sites (N-methyl/N-ethyl adjacent to an activating group) is 1. The molecule has 0 amide bonds. The largest absolute Gasteiger partial charge is 0.470 e. The van der Waals surface area contributed by atoms with Crippen LogP contribution in [0.4, 0.5) is 0 Å². The minimum absolute atomic E-state index is 0.0627. The van der Waals surface area contributed by atoms with Crippen molar-refractivity contribution in [1.82, 2.24) is 4.90 Å². The van der Waals surface area contributed by atoms with Gasteiger partial charge in [0, 0.05) is 19.2 Å². The van der Waals surface area contributed by atoms with Crippen LogP contribution in [-0.4, -0.2) is 69.5 Å². The number of carbonyl (C=O) groups excluding carboxylic acids is 2. The van der Waals surface area contributed by atoms with Gasteiger partial charge in [0.1, 0.15) is 0 Å². The summed E-state index contributed by atoms with van der Waals surface area (Å²) in [6.45, 7) is 9.02. The minimum atomic E-state index is -1.25. The maximum absolute atomic E-state index is 12.3. The number of ether oxygens (including phenoxy) is 5. The zero-order valence-corrected chi connectivity index (χ0v) is 22.4. The van der Waals surface area contributed by atoms with Gasteiger partial charge in [0.25, 0.3) is 0 Å². The molecule has 0 saturated carbocycles. The molecule has 36 heavy (non-hydrogen) atoms. The van der Waals surface area contributed by atoms with Crippen molar-refractivity contribution in [3.05, 3.63) is 58.7 Å². The standard InChI is InChI=1S/C28H37NO7/c1-17-10-9-11-20(12-17)22(32-6)16-29(5)28(3,4)15-19-13-18(2)23-21(14-19)35-24(26(30)33-7)25(36-23)27(31)34-8/h9-14,22,24-25H,15-16H2,1-8H3. The van der Waals surface area contributed by atoms with Gasteiger partial charge < -0.3 is 23.7 Å². The highest BCUT2D eigenvalue weighted by atomic mass is 16.6. The van der Waals surface area contributed by atoms with Crippen LogP contribution >= 0.6 is 0 Å². The maximum Gasteiger partial charge on any atom is 0.351 e. The Morgan fingerprint density at radius 1 is 1.00 bits per heavy atom. The molecule has 196 valence electrons. The van der Waals surface area contributed by atoms with E-state index in [1.54, 1.807) is 7.11 Å². The predicted octanol–water partition coefficient (Wildman–Crippen LogP) is 3.80. The number of methoxy groups -OCH3 is 3. The Morgan fingerprint density at radius 3 is 2.22 bits per heavy atom. The average Bonchev–Trinajstić information content (AvgIpc) is 2.85. The number of aryl methyl sites for hydroxylation is 2. The fraction of sp³-hybridized carbons (Fsp3) is 0.500. The maximum atomic E-state index is 12.3. The molecule has 1 heterocycles. The molecule has 3 atom stereocenters. The molecule has 0 fully saturated rings. The normalized spacial score (nSPS) is 18.0. The zero-order valence-electron chi connectivity index (χ0n) is 22.4. The predicted molar refractivity (Wildman–Crippen MR) is 135 cm³/mol. The Labute approximate surface area is 213 Å². The van der Waals surface area contributed by atoms with Crippen molar-refractivity contribution in [1.29, 1.82) is 0 Å². The second-order valence-corrected chi connectivity index (χ2v) is 9.87. The Balaban J connectivity index is 1.82. The van der Waals surface area contributed by atoms with Gasteiger partial charge in [-0.05, 0) is 63.9 Å². The van der Waals surface area contributed by atoms with Gasteiger partial charge in [-0.2, -0.15) is 0 Å². The average molecular weight is 500 g/mol. The summed E-state index contributed by atoms with van der Waals surface area (Å²) in [5.41, 5.74) is 3.92. The summed E-state index contributed by atoms with van der Waals surface area (Å²) in [6, 6.07) is 12.2. The topological polar surface area (TPSA) is 83.5 Å². The number of carbonyl (C=O) groups is 2. The Kier molecular flexibility index (Phi) is 8.63. The third-order valence-corrected chi connectivity index (χ3v) is 6.75. The summed E-state index contributed by atoms with van der Waals surface area (Å²) < 4.78 is 27.3. The lowest BCUT2D eigenvalue weighted by Crippen LogP contribution is -2.51. The molecule has 1 aliphatic rings. The molecule has 2 aromatic carbocycles. The van der Waals surface area contributed by atoms with Crippen LogP contribution in [0.2, 0.25) is 0 Å². The second kappa shape index (κ2) is 11.3. The SMILES string of the molecule is COC(=O)C1Oc2cc(CC(C)(C)N(C)CC(OC)c3cccc(C)c3)cc(C)c2OC1C(=O)OC. The van der Waals surface area contributed by atoms with E-state index in [9.17, 15) is 9.59 Å². The zero-order chi connectivity index (χ0) is 26.6. The van der Waals surface area contributed by atoms with Gasteiger partial charge in [-0.25, -0.2) is 9.59 Å². The van der Waals surface area contributed by atoms with Gasteiger partial charge in [0.2, 0.25) is 12.2 Å². The van der Waals surface area contributed by atoms with Crippen molar-refractivity contribution in [3.8, 4) is 11.5 Å². The fourth-order valence-corrected chi connectivity index (χ4v) is 4.43. The lowest BCUT2D eigenvalue weighted by Gasteiger charge is -2.38. The van der Waals surface area contributed by atoms with E-state index >= 15 is 0 Å². The monoisotopic (exact) mass is 499 g/mol. The highest BCUT2D eigenvalue weighted by Crippen LogP contribution is 2.40. The first-order chi connectivity index (χ1) is 17.0. The molecule has 3 unspecified atom stereocenters. The molecule has 0 aromatic heterocycles. The van der Waals surface area contributed by atoms with Crippen LogP contribution < -0.4 is 9.47 Å². The van der Waals surface area contributed by atoms with Gasteiger partial charge in [-0.1, -0.05) is 35.9 Å². The first-order valence-electron chi connectivity index (χ1n) is 11.9. The molecule has 0 radical (unpaired) electrons. The van der Waals surface area contributed by atoms with E-state index in [2.05, 4.69) is 50.9 Å². The minimum Gasteiger partial charge on any atom is -0.470 e. The molecule has 1 aliphatic heterocycles. The summed E-state index contributed by atoms with van der Waals surface area (Å²) >= 11 is 0.